The Morgan fingerprint density at radius 3 is 1.40 bits per heavy atom. The van der Waals surface area contributed by atoms with E-state index in [0.29, 0.717) is 39.7 Å². The summed E-state index contributed by atoms with van der Waals surface area (Å²) >= 11 is 12.4. The number of carbonyl (C=O) groups is 2. The highest BCUT2D eigenvalue weighted by Gasteiger charge is 2.32. The molecule has 2 aliphatic heterocycles. The van der Waals surface area contributed by atoms with E-state index in [-0.39, 0.29) is 10.3 Å². The van der Waals surface area contributed by atoms with Crippen LogP contribution in [0.4, 0.5) is 16.1 Å². The predicted molar refractivity (Wildman–Crippen MR) is 335 cm³/mol. The average molecular weight is 1180 g/mol. The number of carbonyl (C=O) groups excluding carboxylic acids is 1. The van der Waals surface area contributed by atoms with Crippen molar-refractivity contribution in [1.82, 2.24) is 29.7 Å². The molecule has 4 aromatic carbocycles. The number of carboxylic acid groups (broad SMARTS) is 1. The van der Waals surface area contributed by atoms with Gasteiger partial charge >= 0.3 is 11.9 Å². The van der Waals surface area contributed by atoms with Crippen LogP contribution in [-0.4, -0.2) is 119 Å². The molecule has 0 amide bonds. The van der Waals surface area contributed by atoms with Crippen molar-refractivity contribution >= 4 is 79.5 Å². The normalized spacial score (nSPS) is 17.4. The molecule has 0 radical (unpaired) electrons. The number of anilines is 2. The molecule has 0 atom stereocenters. The van der Waals surface area contributed by atoms with Gasteiger partial charge in [-0.1, -0.05) is 86.3 Å². The molecule has 4 aromatic heterocycles. The van der Waals surface area contributed by atoms with Crippen LogP contribution in [0.25, 0.3) is 33.0 Å². The topological polar surface area (TPSA) is 152 Å². The van der Waals surface area contributed by atoms with Crippen LogP contribution in [0.5, 0.6) is 23.3 Å². The first-order valence-electron chi connectivity index (χ1n) is 28.7. The highest BCUT2D eigenvalue weighted by atomic mass is 35.5. The zero-order chi connectivity index (χ0) is 57.8. The summed E-state index contributed by atoms with van der Waals surface area (Å²) in [6.45, 7) is 18.7. The number of esters is 1. The second-order valence-corrected chi connectivity index (χ2v) is 24.8. The molecular formula is C67H73Cl2FN8O6. The van der Waals surface area contributed by atoms with Gasteiger partial charge in [0.25, 0.3) is 0 Å². The van der Waals surface area contributed by atoms with Gasteiger partial charge in [-0.25, -0.2) is 19.6 Å². The molecule has 17 heteroatoms. The molecule has 8 aromatic rings. The maximum Gasteiger partial charge on any atom is 0.341 e. The number of fused-ring (bicyclic) bond motifs is 2. The maximum absolute atomic E-state index is 12.5. The third-order valence-corrected chi connectivity index (χ3v) is 17.4. The molecule has 0 unspecified atom stereocenters. The molecule has 0 spiro atoms. The maximum atomic E-state index is 12.5. The van der Waals surface area contributed by atoms with E-state index in [4.69, 9.17) is 37.4 Å². The third kappa shape index (κ3) is 14.1. The molecule has 2 fully saturated rings. The van der Waals surface area contributed by atoms with Crippen LogP contribution < -0.4 is 19.3 Å². The number of aromatic amines is 2. The van der Waals surface area contributed by atoms with E-state index in [9.17, 15) is 14.7 Å². The van der Waals surface area contributed by atoms with Crippen LogP contribution >= 0.6 is 23.2 Å². The number of hydrogen-bond donors (Lipinski definition) is 3. The number of benzene rings is 4. The largest absolute Gasteiger partial charge is 0.478 e. The van der Waals surface area contributed by atoms with Gasteiger partial charge < -0.3 is 39.1 Å². The van der Waals surface area contributed by atoms with Crippen LogP contribution in [0.1, 0.15) is 98.1 Å². The van der Waals surface area contributed by atoms with Gasteiger partial charge in [0.05, 0.1) is 30.5 Å². The van der Waals surface area contributed by atoms with Crippen molar-refractivity contribution < 1.29 is 33.6 Å². The molecule has 3 N–H and O–H groups in total. The molecule has 0 bridgehead atoms. The van der Waals surface area contributed by atoms with E-state index in [1.165, 1.54) is 47.8 Å². The number of rotatable bonds is 14. The Balaban J connectivity index is 0.000000185. The fourth-order valence-corrected chi connectivity index (χ4v) is 12.3. The number of pyridine rings is 2. The zero-order valence-electron chi connectivity index (χ0n) is 48.4. The van der Waals surface area contributed by atoms with Gasteiger partial charge in [0.15, 0.2) is 0 Å². The van der Waals surface area contributed by atoms with Gasteiger partial charge in [0, 0.05) is 134 Å². The first kappa shape index (κ1) is 59.5. The average Bonchev–Trinajstić information content (AvgIpc) is 4.24. The Bertz CT molecular complexity index is 3710. The fourth-order valence-electron chi connectivity index (χ4n) is 12.0. The van der Waals surface area contributed by atoms with Crippen molar-refractivity contribution in [3.8, 4) is 23.3 Å². The molecule has 438 valence electrons. The highest BCUT2D eigenvalue weighted by molar-refractivity contribution is 6.30. The highest BCUT2D eigenvalue weighted by Crippen LogP contribution is 2.45. The Morgan fingerprint density at radius 1 is 0.571 bits per heavy atom. The lowest BCUT2D eigenvalue weighted by Gasteiger charge is -2.39. The Morgan fingerprint density at radius 2 is 0.988 bits per heavy atom. The molecule has 12 rings (SSSR count). The number of nitrogens with zero attached hydrogens (tertiary/aromatic N) is 6. The lowest BCUT2D eigenvalue weighted by atomic mass is 9.72. The monoisotopic (exact) mass is 1170 g/mol. The van der Waals surface area contributed by atoms with E-state index in [0.717, 1.165) is 134 Å². The predicted octanol–water partition coefficient (Wildman–Crippen LogP) is 15.2. The minimum Gasteiger partial charge on any atom is -0.478 e. The Labute approximate surface area is 500 Å². The van der Waals surface area contributed by atoms with Crippen LogP contribution in [0, 0.1) is 10.8 Å². The smallest absolute Gasteiger partial charge is 0.341 e. The molecule has 2 saturated heterocycles. The molecule has 0 saturated carbocycles. The number of methoxy groups -OCH3 is 1. The second kappa shape index (κ2) is 25.7. The molecule has 2 aliphatic carbocycles. The van der Waals surface area contributed by atoms with Crippen LogP contribution in [0.15, 0.2) is 145 Å². The van der Waals surface area contributed by atoms with E-state index < -0.39 is 11.9 Å². The zero-order valence-corrected chi connectivity index (χ0v) is 49.9. The molecule has 14 nitrogen and oxygen atoms in total. The molecule has 4 aliphatic rings. The van der Waals surface area contributed by atoms with Crippen molar-refractivity contribution in [2.75, 3.05) is 82.4 Å². The van der Waals surface area contributed by atoms with E-state index in [1.807, 2.05) is 85.2 Å². The summed E-state index contributed by atoms with van der Waals surface area (Å²) in [5, 5.41) is 13.3. The van der Waals surface area contributed by atoms with Gasteiger partial charge in [0.2, 0.25) is 11.8 Å². The van der Waals surface area contributed by atoms with Crippen molar-refractivity contribution in [1.29, 1.82) is 0 Å². The summed E-state index contributed by atoms with van der Waals surface area (Å²) in [4.78, 5) is 49.3. The number of halogens is 3. The molecule has 6 heterocycles. The fraction of sp³-hybridized carbons (Fsp3) is 0.343. The summed E-state index contributed by atoms with van der Waals surface area (Å²) in [6, 6.07) is 35.2. The third-order valence-electron chi connectivity index (χ3n) is 16.9. The first-order chi connectivity index (χ1) is 40.0. The number of ether oxygens (including phenoxy) is 3. The Kier molecular flexibility index (Phi) is 18.2. The van der Waals surface area contributed by atoms with Crippen molar-refractivity contribution in [2.24, 2.45) is 10.8 Å². The number of H-pyrrole nitrogens is 2. The van der Waals surface area contributed by atoms with Gasteiger partial charge in [-0.15, -0.1) is 0 Å². The summed E-state index contributed by atoms with van der Waals surface area (Å²) in [5.41, 5.74) is 13.5. The van der Waals surface area contributed by atoms with Crippen LogP contribution in [-0.2, 0) is 4.74 Å². The molecule has 84 heavy (non-hydrogen) atoms. The minimum absolute atomic E-state index is 0. The number of hydrogen-bond acceptors (Lipinski definition) is 11. The number of aromatic carboxylic acids is 1. The minimum atomic E-state index is -1.03. The van der Waals surface area contributed by atoms with Crippen molar-refractivity contribution in [2.45, 2.75) is 66.2 Å². The SMILES string of the molecule is CC1(C)CCC(CN2CCN(c3ccc(C(=O)O)c(Oc4cc5cc[nH]c5cn4)c3)CC2)=C(c2ccc(Cl)cc2)C1.COC(=O)c1ccc(N2CCN(CC3=C(c4ccc(Cl)cc4)CC(C)(C)CC3)CC2)cc1Oc1cc2cc[nH]c2cn1.F. The standard InChI is InChI=1S/C34H37ClN4O3.C33H35ClN4O3.FH/c1-34(2)12-10-25(29(20-34)23-4-6-26(35)7-5-23)22-38-14-16-39(17-15-38)27-8-9-28(33(40)41-3)31(19-27)42-32-18-24-11-13-36-30(24)21-37-32;1-33(2)11-9-24(28(19-33)22-3-5-25(34)6-4-22)21-37-13-15-38(16-14-37)26-7-8-27(32(39)40)30(18-26)41-31-17-23-10-12-35-29(23)20-36-31;/h4-9,11,13,18-19,21,36H,10,12,14-17,20,22H2,1-3H3;3-8,10,12,17-18,20,35H,9,11,13-16,19,21H2,1-2H3,(H,39,40);1H. The van der Waals surface area contributed by atoms with Gasteiger partial charge in [-0.05, 0) is 132 Å². The lowest BCUT2D eigenvalue weighted by Crippen LogP contribution is -2.47. The van der Waals surface area contributed by atoms with Gasteiger partial charge in [0.1, 0.15) is 22.6 Å². The first-order valence-corrected chi connectivity index (χ1v) is 29.5. The van der Waals surface area contributed by atoms with E-state index >= 15 is 0 Å². The van der Waals surface area contributed by atoms with E-state index in [2.05, 4.69) is 91.5 Å². The van der Waals surface area contributed by atoms with Gasteiger partial charge in [-0.2, -0.15) is 0 Å². The quantitative estimate of drug-likeness (QED) is 0.0889. The van der Waals surface area contributed by atoms with Crippen LogP contribution in [0.3, 0.4) is 0 Å². The van der Waals surface area contributed by atoms with E-state index in [1.54, 1.807) is 30.1 Å². The van der Waals surface area contributed by atoms with Crippen molar-refractivity contribution in [3.05, 3.63) is 177 Å². The Hall–Kier alpha value is -7.69. The van der Waals surface area contributed by atoms with Crippen molar-refractivity contribution in [3.63, 3.8) is 0 Å². The van der Waals surface area contributed by atoms with Gasteiger partial charge in [-0.3, -0.25) is 14.5 Å². The summed E-state index contributed by atoms with van der Waals surface area (Å²) < 4.78 is 17.2. The van der Waals surface area contributed by atoms with Crippen LogP contribution in [0.2, 0.25) is 10.0 Å². The summed E-state index contributed by atoms with van der Waals surface area (Å²) in [5.74, 6) is 0.0508. The number of allylic oxidation sites excluding steroid dienone is 2. The number of nitrogens with one attached hydrogen (secondary N) is 2. The molecular weight excluding hydrogens is 1100 g/mol. The lowest BCUT2D eigenvalue weighted by molar-refractivity contribution is 0.0596. The number of aromatic nitrogens is 4. The number of piperazine rings is 2. The summed E-state index contributed by atoms with van der Waals surface area (Å²) in [7, 11) is 1.38. The number of carboxylic acids is 1. The second-order valence-electron chi connectivity index (χ2n) is 23.9. The summed E-state index contributed by atoms with van der Waals surface area (Å²) in [6.07, 6.45) is 13.9.